The van der Waals surface area contributed by atoms with Gasteiger partial charge in [0.05, 0.1) is 17.4 Å². The summed E-state index contributed by atoms with van der Waals surface area (Å²) in [6.07, 6.45) is -0.0892. The SMILES string of the molecule is CNC(=O)c1ccc(N2CCC(N3CCC(c4cc5c(C(F)(F)F)cccc5c(=O)[nH]4)C3)CC2)cn1. The molecule has 0 saturated carbocycles. The minimum atomic E-state index is -4.52. The van der Waals surface area contributed by atoms with E-state index in [9.17, 15) is 22.8 Å². The van der Waals surface area contributed by atoms with Crippen LogP contribution in [0.3, 0.4) is 0 Å². The third-order valence-corrected chi connectivity index (χ3v) is 7.43. The number of alkyl halides is 3. The maximum atomic E-state index is 13.5. The van der Waals surface area contributed by atoms with Gasteiger partial charge in [0.2, 0.25) is 0 Å². The maximum absolute atomic E-state index is 13.5. The fourth-order valence-electron chi connectivity index (χ4n) is 5.47. The summed E-state index contributed by atoms with van der Waals surface area (Å²) in [6.45, 7) is 3.27. The standard InChI is InChI=1S/C26H28F3N5O2/c1-30-25(36)22-6-5-18(14-31-22)33-11-8-17(9-12-33)34-10-7-16(15-34)23-13-20-19(24(35)32-23)3-2-4-21(20)26(27,28)29/h2-6,13-14,16-17H,7-12,15H2,1H3,(H,30,36)(H,32,35). The van der Waals surface area contributed by atoms with Gasteiger partial charge in [0.25, 0.3) is 11.5 Å². The molecule has 5 rings (SSSR count). The van der Waals surface area contributed by atoms with Gasteiger partial charge in [0, 0.05) is 55.1 Å². The van der Waals surface area contributed by atoms with Crippen LogP contribution in [0.25, 0.3) is 10.8 Å². The number of nitrogens with zero attached hydrogens (tertiary/aromatic N) is 3. The number of hydrogen-bond donors (Lipinski definition) is 2. The van der Waals surface area contributed by atoms with Gasteiger partial charge in [-0.2, -0.15) is 13.2 Å². The van der Waals surface area contributed by atoms with Gasteiger partial charge >= 0.3 is 6.18 Å². The first-order valence-electron chi connectivity index (χ1n) is 12.1. The minimum Gasteiger partial charge on any atom is -0.370 e. The van der Waals surface area contributed by atoms with Gasteiger partial charge in [-0.25, -0.2) is 4.98 Å². The van der Waals surface area contributed by atoms with Crippen molar-refractivity contribution in [3.05, 3.63) is 69.9 Å². The molecule has 0 bridgehead atoms. The van der Waals surface area contributed by atoms with Gasteiger partial charge in [-0.05, 0) is 56.1 Å². The molecule has 0 spiro atoms. The number of piperidine rings is 1. The first-order valence-corrected chi connectivity index (χ1v) is 12.1. The number of amides is 1. The highest BCUT2D eigenvalue weighted by Crippen LogP contribution is 2.36. The van der Waals surface area contributed by atoms with Crippen LogP contribution in [0.4, 0.5) is 18.9 Å². The number of likely N-dealkylation sites (tertiary alicyclic amines) is 1. The van der Waals surface area contributed by atoms with Crippen molar-refractivity contribution in [1.82, 2.24) is 20.2 Å². The zero-order valence-electron chi connectivity index (χ0n) is 19.9. The van der Waals surface area contributed by atoms with Crippen LogP contribution < -0.4 is 15.8 Å². The minimum absolute atomic E-state index is 0.0112. The van der Waals surface area contributed by atoms with Crippen molar-refractivity contribution in [1.29, 1.82) is 0 Å². The van der Waals surface area contributed by atoms with E-state index in [1.165, 1.54) is 18.2 Å². The summed E-state index contributed by atoms with van der Waals surface area (Å²) in [5.74, 6) is -0.228. The molecule has 2 aliphatic rings. The van der Waals surface area contributed by atoms with Crippen molar-refractivity contribution in [3.8, 4) is 0 Å². The fraction of sp³-hybridized carbons (Fsp3) is 0.423. The molecule has 1 atom stereocenters. The quantitative estimate of drug-likeness (QED) is 0.572. The Hall–Kier alpha value is -3.40. The highest BCUT2D eigenvalue weighted by Gasteiger charge is 2.35. The lowest BCUT2D eigenvalue weighted by atomic mass is 9.98. The third kappa shape index (κ3) is 4.69. The van der Waals surface area contributed by atoms with E-state index in [0.717, 1.165) is 50.7 Å². The summed E-state index contributed by atoms with van der Waals surface area (Å²) >= 11 is 0. The third-order valence-electron chi connectivity index (χ3n) is 7.43. The zero-order valence-corrected chi connectivity index (χ0v) is 19.9. The Labute approximate surface area is 206 Å². The van der Waals surface area contributed by atoms with Crippen LogP contribution in [0, 0.1) is 0 Å². The van der Waals surface area contributed by atoms with Crippen LogP contribution in [0.2, 0.25) is 0 Å². The second kappa shape index (κ2) is 9.57. The number of carbonyl (C=O) groups excluding carboxylic acids is 1. The second-order valence-corrected chi connectivity index (χ2v) is 9.50. The molecule has 190 valence electrons. The van der Waals surface area contributed by atoms with E-state index >= 15 is 0 Å². The van der Waals surface area contributed by atoms with Gasteiger partial charge in [0.15, 0.2) is 0 Å². The second-order valence-electron chi connectivity index (χ2n) is 9.50. The van der Waals surface area contributed by atoms with Gasteiger partial charge < -0.3 is 15.2 Å². The maximum Gasteiger partial charge on any atom is 0.417 e. The number of H-pyrrole nitrogens is 1. The van der Waals surface area contributed by atoms with Crippen molar-refractivity contribution in [2.45, 2.75) is 37.4 Å². The van der Waals surface area contributed by atoms with Crippen molar-refractivity contribution in [2.75, 3.05) is 38.1 Å². The molecule has 2 aliphatic heterocycles. The van der Waals surface area contributed by atoms with E-state index in [-0.39, 0.29) is 22.6 Å². The van der Waals surface area contributed by atoms with Crippen molar-refractivity contribution >= 4 is 22.4 Å². The monoisotopic (exact) mass is 499 g/mol. The number of aromatic amines is 1. The molecular weight excluding hydrogens is 471 g/mol. The van der Waals surface area contributed by atoms with E-state index in [4.69, 9.17) is 0 Å². The predicted molar refractivity (Wildman–Crippen MR) is 131 cm³/mol. The number of halogens is 3. The van der Waals surface area contributed by atoms with Crippen LogP contribution in [0.5, 0.6) is 0 Å². The molecule has 36 heavy (non-hydrogen) atoms. The van der Waals surface area contributed by atoms with Crippen molar-refractivity contribution in [3.63, 3.8) is 0 Å². The first-order chi connectivity index (χ1) is 17.2. The summed E-state index contributed by atoms with van der Waals surface area (Å²) in [7, 11) is 1.57. The molecule has 0 radical (unpaired) electrons. The Balaban J connectivity index is 1.25. The molecule has 3 aromatic rings. The summed E-state index contributed by atoms with van der Waals surface area (Å²) in [6, 6.07) is 9.27. The summed E-state index contributed by atoms with van der Waals surface area (Å²) in [4.78, 5) is 36.0. The lowest BCUT2D eigenvalue weighted by Gasteiger charge is -2.37. The van der Waals surface area contributed by atoms with Crippen LogP contribution in [-0.2, 0) is 6.18 Å². The molecule has 1 aromatic carbocycles. The number of benzene rings is 1. The van der Waals surface area contributed by atoms with E-state index < -0.39 is 17.3 Å². The number of aromatic nitrogens is 2. The largest absolute Gasteiger partial charge is 0.417 e. The lowest BCUT2D eigenvalue weighted by molar-refractivity contribution is -0.136. The van der Waals surface area contributed by atoms with E-state index in [0.29, 0.717) is 24.0 Å². The number of pyridine rings is 2. The number of hydrogen-bond acceptors (Lipinski definition) is 5. The highest BCUT2D eigenvalue weighted by molar-refractivity contribution is 5.92. The molecule has 2 N–H and O–H groups in total. The van der Waals surface area contributed by atoms with Crippen molar-refractivity contribution < 1.29 is 18.0 Å². The number of anilines is 1. The Morgan fingerprint density at radius 2 is 1.86 bits per heavy atom. The highest BCUT2D eigenvalue weighted by atomic mass is 19.4. The van der Waals surface area contributed by atoms with Gasteiger partial charge in [-0.3, -0.25) is 14.5 Å². The average Bonchev–Trinajstić information content (AvgIpc) is 3.38. The number of nitrogens with one attached hydrogen (secondary N) is 2. The number of carbonyl (C=O) groups is 1. The molecule has 1 unspecified atom stereocenters. The molecule has 7 nitrogen and oxygen atoms in total. The van der Waals surface area contributed by atoms with Crippen molar-refractivity contribution in [2.24, 2.45) is 0 Å². The Morgan fingerprint density at radius 3 is 2.53 bits per heavy atom. The molecule has 0 aliphatic carbocycles. The van der Waals surface area contributed by atoms with E-state index in [1.54, 1.807) is 19.3 Å². The first kappa shape index (κ1) is 24.3. The molecule has 2 aromatic heterocycles. The normalized spacial score (nSPS) is 19.7. The molecular formula is C26H28F3N5O2. The van der Waals surface area contributed by atoms with Gasteiger partial charge in [-0.15, -0.1) is 0 Å². The number of fused-ring (bicyclic) bond motifs is 1. The fourth-order valence-corrected chi connectivity index (χ4v) is 5.47. The smallest absolute Gasteiger partial charge is 0.370 e. The summed E-state index contributed by atoms with van der Waals surface area (Å²) in [5, 5.41) is 2.59. The van der Waals surface area contributed by atoms with E-state index in [2.05, 4.69) is 25.1 Å². The Bertz CT molecular complexity index is 1310. The van der Waals surface area contributed by atoms with Crippen LogP contribution >= 0.6 is 0 Å². The molecule has 4 heterocycles. The Kier molecular flexibility index (Phi) is 6.46. The number of rotatable bonds is 4. The molecule has 2 saturated heterocycles. The average molecular weight is 500 g/mol. The van der Waals surface area contributed by atoms with Crippen LogP contribution in [-0.4, -0.2) is 60.0 Å². The van der Waals surface area contributed by atoms with Crippen LogP contribution in [0.15, 0.2) is 47.4 Å². The van der Waals surface area contributed by atoms with E-state index in [1.807, 2.05) is 6.07 Å². The molecule has 2 fully saturated rings. The molecule has 10 heteroatoms. The summed E-state index contributed by atoms with van der Waals surface area (Å²) in [5.41, 5.74) is 0.693. The molecule has 1 amide bonds. The zero-order chi connectivity index (χ0) is 25.4. The summed E-state index contributed by atoms with van der Waals surface area (Å²) < 4.78 is 40.6. The van der Waals surface area contributed by atoms with Gasteiger partial charge in [0.1, 0.15) is 5.69 Å². The van der Waals surface area contributed by atoms with Crippen LogP contribution in [0.1, 0.15) is 46.9 Å². The predicted octanol–water partition coefficient (Wildman–Crippen LogP) is 3.76. The van der Waals surface area contributed by atoms with Gasteiger partial charge in [-0.1, -0.05) is 6.07 Å². The Morgan fingerprint density at radius 1 is 1.08 bits per heavy atom. The lowest BCUT2D eigenvalue weighted by Crippen LogP contribution is -2.44. The topological polar surface area (TPSA) is 81.3 Å².